The molecule has 0 heteroatoms. The fourth-order valence-corrected chi connectivity index (χ4v) is 3.20. The Balaban J connectivity index is 1.99. The Morgan fingerprint density at radius 3 is 2.82 bits per heavy atom. The highest BCUT2D eigenvalue weighted by Gasteiger charge is 2.43. The summed E-state index contributed by atoms with van der Waals surface area (Å²) in [5.74, 6) is 3.82. The lowest BCUT2D eigenvalue weighted by atomic mass is 9.77. The van der Waals surface area contributed by atoms with Gasteiger partial charge in [0.2, 0.25) is 0 Å². The molecule has 0 aromatic heterocycles. The average molecular weight is 146 g/mol. The summed E-state index contributed by atoms with van der Waals surface area (Å²) in [6.07, 6.45) is 14.0. The van der Waals surface area contributed by atoms with E-state index in [1.54, 1.807) is 0 Å². The Morgan fingerprint density at radius 1 is 1.00 bits per heavy atom. The van der Waals surface area contributed by atoms with Gasteiger partial charge >= 0.3 is 0 Å². The van der Waals surface area contributed by atoms with E-state index in [9.17, 15) is 0 Å². The Hall–Kier alpha value is -0.520. The lowest BCUT2D eigenvalue weighted by Gasteiger charge is -2.28. The smallest absolute Gasteiger partial charge is 0.0136 e. The lowest BCUT2D eigenvalue weighted by molar-refractivity contribution is 0.333. The van der Waals surface area contributed by atoms with Crippen LogP contribution >= 0.6 is 0 Å². The van der Waals surface area contributed by atoms with Crippen molar-refractivity contribution >= 4 is 0 Å². The molecule has 3 rings (SSSR count). The van der Waals surface area contributed by atoms with Crippen LogP contribution in [0.15, 0.2) is 24.3 Å². The second-order valence-electron chi connectivity index (χ2n) is 4.20. The normalized spacial score (nSPS) is 51.6. The monoisotopic (exact) mass is 146 g/mol. The Kier molecular flexibility index (Phi) is 1.10. The number of hydrogen-bond acceptors (Lipinski definition) is 0. The molecule has 0 aromatic carbocycles. The SMILES string of the molecule is C1=CC2C3C=CC(C3)C2CC1. The molecule has 0 amide bonds. The fourth-order valence-electron chi connectivity index (χ4n) is 3.20. The predicted molar refractivity (Wildman–Crippen MR) is 46.1 cm³/mol. The molecule has 11 heavy (non-hydrogen) atoms. The first-order valence-corrected chi connectivity index (χ1v) is 4.80. The van der Waals surface area contributed by atoms with Crippen molar-refractivity contribution in [3.63, 3.8) is 0 Å². The van der Waals surface area contributed by atoms with Gasteiger partial charge in [-0.2, -0.15) is 0 Å². The van der Waals surface area contributed by atoms with Crippen molar-refractivity contribution in [1.29, 1.82) is 0 Å². The molecule has 3 aliphatic rings. The summed E-state index contributed by atoms with van der Waals surface area (Å²) in [5.41, 5.74) is 0. The molecule has 0 saturated heterocycles. The average Bonchev–Trinajstić information content (AvgIpc) is 2.64. The molecule has 2 bridgehead atoms. The first-order valence-electron chi connectivity index (χ1n) is 4.80. The molecule has 58 valence electrons. The molecule has 0 nitrogen and oxygen atoms in total. The van der Waals surface area contributed by atoms with Gasteiger partial charge in [-0.3, -0.25) is 0 Å². The number of allylic oxidation sites excluding steroid dienone is 4. The molecule has 0 spiro atoms. The van der Waals surface area contributed by atoms with Crippen LogP contribution in [-0.4, -0.2) is 0 Å². The Morgan fingerprint density at radius 2 is 1.91 bits per heavy atom. The minimum Gasteiger partial charge on any atom is -0.0882 e. The topological polar surface area (TPSA) is 0 Å². The summed E-state index contributed by atoms with van der Waals surface area (Å²) in [6.45, 7) is 0. The van der Waals surface area contributed by atoms with Gasteiger partial charge in [0.1, 0.15) is 0 Å². The van der Waals surface area contributed by atoms with E-state index in [1.807, 2.05) is 0 Å². The second kappa shape index (κ2) is 2.00. The molecule has 0 heterocycles. The highest BCUT2D eigenvalue weighted by atomic mass is 14.5. The van der Waals surface area contributed by atoms with Gasteiger partial charge in [0.15, 0.2) is 0 Å². The molecule has 1 saturated carbocycles. The van der Waals surface area contributed by atoms with E-state index in [-0.39, 0.29) is 0 Å². The zero-order valence-electron chi connectivity index (χ0n) is 6.74. The van der Waals surface area contributed by atoms with Crippen LogP contribution in [0.5, 0.6) is 0 Å². The van der Waals surface area contributed by atoms with E-state index >= 15 is 0 Å². The zero-order chi connectivity index (χ0) is 7.26. The molecule has 4 atom stereocenters. The van der Waals surface area contributed by atoms with Crippen LogP contribution in [0.25, 0.3) is 0 Å². The first kappa shape index (κ1) is 6.05. The third-order valence-electron chi connectivity index (χ3n) is 3.71. The Labute approximate surface area is 68.0 Å². The van der Waals surface area contributed by atoms with Crippen molar-refractivity contribution in [2.24, 2.45) is 23.7 Å². The van der Waals surface area contributed by atoms with Crippen molar-refractivity contribution in [3.8, 4) is 0 Å². The number of fused-ring (bicyclic) bond motifs is 5. The maximum absolute atomic E-state index is 2.47. The molecule has 4 unspecified atom stereocenters. The maximum Gasteiger partial charge on any atom is -0.0136 e. The molecular weight excluding hydrogens is 132 g/mol. The van der Waals surface area contributed by atoms with Crippen molar-refractivity contribution < 1.29 is 0 Å². The van der Waals surface area contributed by atoms with E-state index in [0.29, 0.717) is 0 Å². The first-order chi connectivity index (χ1) is 5.45. The van der Waals surface area contributed by atoms with E-state index in [1.165, 1.54) is 19.3 Å². The quantitative estimate of drug-likeness (QED) is 0.461. The minimum absolute atomic E-state index is 0.918. The maximum atomic E-state index is 2.47. The third-order valence-corrected chi connectivity index (χ3v) is 3.71. The van der Waals surface area contributed by atoms with Crippen LogP contribution < -0.4 is 0 Å². The largest absolute Gasteiger partial charge is 0.0882 e. The summed E-state index contributed by atoms with van der Waals surface area (Å²) in [5, 5.41) is 0. The van der Waals surface area contributed by atoms with Gasteiger partial charge in [0.05, 0.1) is 0 Å². The van der Waals surface area contributed by atoms with Gasteiger partial charge in [0.25, 0.3) is 0 Å². The van der Waals surface area contributed by atoms with Crippen molar-refractivity contribution in [2.75, 3.05) is 0 Å². The van der Waals surface area contributed by atoms with Crippen LogP contribution in [0.2, 0.25) is 0 Å². The fraction of sp³-hybridized carbons (Fsp3) is 0.636. The van der Waals surface area contributed by atoms with E-state index in [4.69, 9.17) is 0 Å². The molecular formula is C11H14. The van der Waals surface area contributed by atoms with Crippen LogP contribution in [0.4, 0.5) is 0 Å². The summed E-state index contributed by atoms with van der Waals surface area (Å²) < 4.78 is 0. The summed E-state index contributed by atoms with van der Waals surface area (Å²) in [4.78, 5) is 0. The molecule has 1 fully saturated rings. The van der Waals surface area contributed by atoms with Gasteiger partial charge < -0.3 is 0 Å². The highest BCUT2D eigenvalue weighted by molar-refractivity contribution is 5.19. The van der Waals surface area contributed by atoms with Gasteiger partial charge in [-0.15, -0.1) is 0 Å². The molecule has 0 N–H and O–H groups in total. The number of rotatable bonds is 0. The standard InChI is InChI=1S/C11H14/c1-2-4-11-9-6-5-8(7-9)10(11)3-1/h1,3,5-6,8-11H,2,4,7H2. The van der Waals surface area contributed by atoms with Gasteiger partial charge in [-0.1, -0.05) is 24.3 Å². The molecule has 0 radical (unpaired) electrons. The van der Waals surface area contributed by atoms with Crippen molar-refractivity contribution in [3.05, 3.63) is 24.3 Å². The summed E-state index contributed by atoms with van der Waals surface area (Å²) >= 11 is 0. The summed E-state index contributed by atoms with van der Waals surface area (Å²) in [6, 6.07) is 0. The predicted octanol–water partition coefficient (Wildman–Crippen LogP) is 2.77. The lowest BCUT2D eigenvalue weighted by Crippen LogP contribution is -2.19. The Bertz CT molecular complexity index is 224. The van der Waals surface area contributed by atoms with E-state index < -0.39 is 0 Å². The zero-order valence-corrected chi connectivity index (χ0v) is 6.74. The third kappa shape index (κ3) is 0.702. The molecule has 0 aliphatic heterocycles. The van der Waals surface area contributed by atoms with E-state index in [0.717, 1.165) is 23.7 Å². The second-order valence-corrected chi connectivity index (χ2v) is 4.20. The highest BCUT2D eigenvalue weighted by Crippen LogP contribution is 2.51. The summed E-state index contributed by atoms with van der Waals surface area (Å²) in [7, 11) is 0. The van der Waals surface area contributed by atoms with Crippen LogP contribution in [-0.2, 0) is 0 Å². The van der Waals surface area contributed by atoms with Gasteiger partial charge in [0, 0.05) is 0 Å². The van der Waals surface area contributed by atoms with Crippen LogP contribution in [0.3, 0.4) is 0 Å². The molecule has 0 aromatic rings. The number of hydrogen-bond donors (Lipinski definition) is 0. The van der Waals surface area contributed by atoms with Crippen LogP contribution in [0.1, 0.15) is 19.3 Å². The van der Waals surface area contributed by atoms with Crippen molar-refractivity contribution in [2.45, 2.75) is 19.3 Å². The molecule has 3 aliphatic carbocycles. The van der Waals surface area contributed by atoms with Gasteiger partial charge in [-0.25, -0.2) is 0 Å². The van der Waals surface area contributed by atoms with Gasteiger partial charge in [-0.05, 0) is 42.9 Å². The van der Waals surface area contributed by atoms with E-state index in [2.05, 4.69) is 24.3 Å². The van der Waals surface area contributed by atoms with Crippen molar-refractivity contribution in [1.82, 2.24) is 0 Å². The van der Waals surface area contributed by atoms with Crippen LogP contribution in [0, 0.1) is 23.7 Å². The minimum atomic E-state index is 0.918.